The molecular weight excluding hydrogens is 272 g/mol. The molecule has 0 bridgehead atoms. The summed E-state index contributed by atoms with van der Waals surface area (Å²) in [7, 11) is 0. The summed E-state index contributed by atoms with van der Waals surface area (Å²) in [5.41, 5.74) is 2.79. The molecule has 0 heterocycles. The fourth-order valence-corrected chi connectivity index (χ4v) is 2.32. The highest BCUT2D eigenvalue weighted by Gasteiger charge is 2.12. The van der Waals surface area contributed by atoms with E-state index in [1.165, 1.54) is 6.08 Å². The van der Waals surface area contributed by atoms with Crippen LogP contribution < -0.4 is 0 Å². The van der Waals surface area contributed by atoms with Crippen LogP contribution in [0, 0.1) is 13.8 Å². The zero-order valence-electron chi connectivity index (χ0n) is 11.4. The Morgan fingerprint density at radius 1 is 1.20 bits per heavy atom. The minimum atomic E-state index is -0.236. The molecule has 0 fully saturated rings. The largest absolute Gasteiger partial charge is 0.507 e. The van der Waals surface area contributed by atoms with Gasteiger partial charge >= 0.3 is 0 Å². The summed E-state index contributed by atoms with van der Waals surface area (Å²) >= 11 is 6.03. The van der Waals surface area contributed by atoms with E-state index in [0.29, 0.717) is 10.6 Å². The molecule has 3 heteroatoms. The Hall–Kier alpha value is -2.06. The summed E-state index contributed by atoms with van der Waals surface area (Å²) in [4.78, 5) is 12.2. The van der Waals surface area contributed by atoms with Crippen molar-refractivity contribution in [3.05, 3.63) is 69.8 Å². The number of halogens is 1. The fraction of sp³-hybridized carbons (Fsp3) is 0.118. The third kappa shape index (κ3) is 3.09. The van der Waals surface area contributed by atoms with Gasteiger partial charge < -0.3 is 5.11 Å². The summed E-state index contributed by atoms with van der Waals surface area (Å²) in [5.74, 6) is -0.226. The van der Waals surface area contributed by atoms with Gasteiger partial charge in [0.05, 0.1) is 5.56 Å². The Bertz CT molecular complexity index is 664. The van der Waals surface area contributed by atoms with Crippen molar-refractivity contribution >= 4 is 23.5 Å². The number of benzene rings is 2. The molecule has 102 valence electrons. The minimum Gasteiger partial charge on any atom is -0.507 e. The van der Waals surface area contributed by atoms with Crippen LogP contribution in [0.3, 0.4) is 0 Å². The first-order valence-corrected chi connectivity index (χ1v) is 6.64. The maximum absolute atomic E-state index is 12.2. The van der Waals surface area contributed by atoms with Gasteiger partial charge in [-0.3, -0.25) is 4.79 Å². The lowest BCUT2D eigenvalue weighted by Crippen LogP contribution is -1.99. The highest BCUT2D eigenvalue weighted by Crippen LogP contribution is 2.24. The van der Waals surface area contributed by atoms with Gasteiger partial charge in [0.2, 0.25) is 0 Å². The van der Waals surface area contributed by atoms with Crippen LogP contribution in [-0.2, 0) is 0 Å². The molecule has 0 saturated carbocycles. The van der Waals surface area contributed by atoms with E-state index in [-0.39, 0.29) is 11.5 Å². The van der Waals surface area contributed by atoms with Gasteiger partial charge in [-0.25, -0.2) is 0 Å². The third-order valence-corrected chi connectivity index (χ3v) is 3.37. The Morgan fingerprint density at radius 3 is 2.55 bits per heavy atom. The van der Waals surface area contributed by atoms with Crippen molar-refractivity contribution in [2.45, 2.75) is 13.8 Å². The van der Waals surface area contributed by atoms with Crippen LogP contribution in [0.4, 0.5) is 0 Å². The second kappa shape index (κ2) is 5.93. The number of carbonyl (C=O) groups is 1. The molecule has 0 aromatic heterocycles. The van der Waals surface area contributed by atoms with Gasteiger partial charge in [-0.05, 0) is 54.8 Å². The maximum atomic E-state index is 12.2. The minimum absolute atomic E-state index is 0.0105. The number of phenols is 1. The highest BCUT2D eigenvalue weighted by atomic mass is 35.5. The highest BCUT2D eigenvalue weighted by molar-refractivity contribution is 6.32. The number of hydrogen-bond donors (Lipinski definition) is 1. The summed E-state index contributed by atoms with van der Waals surface area (Å²) in [5, 5.41) is 10.5. The molecule has 0 radical (unpaired) electrons. The molecule has 0 aliphatic rings. The summed E-state index contributed by atoms with van der Waals surface area (Å²) in [6.07, 6.45) is 3.09. The van der Waals surface area contributed by atoms with Crippen molar-refractivity contribution in [3.8, 4) is 5.75 Å². The molecular formula is C17H15ClO2. The van der Waals surface area contributed by atoms with E-state index in [1.807, 2.05) is 38.1 Å². The monoisotopic (exact) mass is 286 g/mol. The van der Waals surface area contributed by atoms with Crippen molar-refractivity contribution < 1.29 is 9.90 Å². The number of aryl methyl sites for hydroxylation is 2. The second-order valence-corrected chi connectivity index (χ2v) is 5.10. The van der Waals surface area contributed by atoms with Crippen molar-refractivity contribution in [2.24, 2.45) is 0 Å². The molecule has 0 atom stereocenters. The lowest BCUT2D eigenvalue weighted by molar-refractivity contribution is 0.104. The molecule has 0 unspecified atom stereocenters. The number of rotatable bonds is 3. The van der Waals surface area contributed by atoms with Crippen molar-refractivity contribution in [1.82, 2.24) is 0 Å². The molecule has 2 aromatic rings. The van der Waals surface area contributed by atoms with Crippen LogP contribution >= 0.6 is 11.6 Å². The molecule has 0 spiro atoms. The van der Waals surface area contributed by atoms with Crippen LogP contribution in [0.1, 0.15) is 27.0 Å². The first kappa shape index (κ1) is 14.4. The zero-order valence-corrected chi connectivity index (χ0v) is 12.1. The van der Waals surface area contributed by atoms with Crippen molar-refractivity contribution in [3.63, 3.8) is 0 Å². The lowest BCUT2D eigenvalue weighted by Gasteiger charge is -2.06. The van der Waals surface area contributed by atoms with Crippen LogP contribution in [0.5, 0.6) is 5.75 Å². The van der Waals surface area contributed by atoms with Gasteiger partial charge in [-0.15, -0.1) is 0 Å². The van der Waals surface area contributed by atoms with Gasteiger partial charge in [0.1, 0.15) is 5.75 Å². The summed E-state index contributed by atoms with van der Waals surface area (Å²) in [6.45, 7) is 3.68. The van der Waals surface area contributed by atoms with E-state index in [0.717, 1.165) is 16.7 Å². The molecule has 2 rings (SSSR count). The number of hydrogen-bond acceptors (Lipinski definition) is 2. The second-order valence-electron chi connectivity index (χ2n) is 4.70. The van der Waals surface area contributed by atoms with Gasteiger partial charge in [0.25, 0.3) is 0 Å². The average molecular weight is 287 g/mol. The van der Waals surface area contributed by atoms with E-state index < -0.39 is 0 Å². The predicted octanol–water partition coefficient (Wildman–Crippen LogP) is 4.56. The first-order chi connectivity index (χ1) is 9.49. The normalized spacial score (nSPS) is 10.9. The smallest absolute Gasteiger partial charge is 0.189 e. The Kier molecular flexibility index (Phi) is 4.26. The maximum Gasteiger partial charge on any atom is 0.189 e. The molecule has 0 aliphatic carbocycles. The first-order valence-electron chi connectivity index (χ1n) is 6.26. The number of phenolic OH excluding ortho intramolecular Hbond substituents is 1. The number of aromatic hydroxyl groups is 1. The molecule has 2 nitrogen and oxygen atoms in total. The van der Waals surface area contributed by atoms with Crippen LogP contribution in [-0.4, -0.2) is 10.9 Å². The quantitative estimate of drug-likeness (QED) is 0.663. The van der Waals surface area contributed by atoms with Gasteiger partial charge in [0.15, 0.2) is 5.78 Å². The molecule has 2 aromatic carbocycles. The number of allylic oxidation sites excluding steroid dienone is 1. The summed E-state index contributed by atoms with van der Waals surface area (Å²) in [6, 6.07) is 10.7. The Balaban J connectivity index is 2.32. The number of carbonyl (C=O) groups excluding carboxylic acids is 1. The SMILES string of the molecule is Cc1cc(C)c(C(=O)C=Cc2ccccc2Cl)c(O)c1. The number of ketones is 1. The predicted molar refractivity (Wildman–Crippen MR) is 82.4 cm³/mol. The van der Waals surface area contributed by atoms with Gasteiger partial charge in [-0.1, -0.05) is 35.9 Å². The van der Waals surface area contributed by atoms with Crippen LogP contribution in [0.25, 0.3) is 6.08 Å². The van der Waals surface area contributed by atoms with Crippen LogP contribution in [0.2, 0.25) is 5.02 Å². The van der Waals surface area contributed by atoms with E-state index in [4.69, 9.17) is 11.6 Å². The lowest BCUT2D eigenvalue weighted by atomic mass is 10.00. The fourth-order valence-electron chi connectivity index (χ4n) is 2.12. The van der Waals surface area contributed by atoms with Crippen LogP contribution in [0.15, 0.2) is 42.5 Å². The van der Waals surface area contributed by atoms with Gasteiger partial charge in [0, 0.05) is 5.02 Å². The van der Waals surface area contributed by atoms with E-state index in [9.17, 15) is 9.90 Å². The topological polar surface area (TPSA) is 37.3 Å². The van der Waals surface area contributed by atoms with E-state index in [1.54, 1.807) is 18.2 Å². The molecule has 0 amide bonds. The van der Waals surface area contributed by atoms with E-state index in [2.05, 4.69) is 0 Å². The third-order valence-electron chi connectivity index (χ3n) is 3.02. The molecule has 1 N–H and O–H groups in total. The Labute approximate surface area is 123 Å². The molecule has 20 heavy (non-hydrogen) atoms. The Morgan fingerprint density at radius 2 is 1.90 bits per heavy atom. The van der Waals surface area contributed by atoms with Crippen molar-refractivity contribution in [2.75, 3.05) is 0 Å². The van der Waals surface area contributed by atoms with Crippen molar-refractivity contribution in [1.29, 1.82) is 0 Å². The zero-order chi connectivity index (χ0) is 14.7. The standard InChI is InChI=1S/C17H15ClO2/c1-11-9-12(2)17(16(20)10-11)15(19)8-7-13-5-3-4-6-14(13)18/h3-10,20H,1-2H3. The molecule has 0 saturated heterocycles. The van der Waals surface area contributed by atoms with E-state index >= 15 is 0 Å². The molecule has 0 aliphatic heterocycles. The average Bonchev–Trinajstić information content (AvgIpc) is 2.36. The van der Waals surface area contributed by atoms with Gasteiger partial charge in [-0.2, -0.15) is 0 Å². The summed E-state index contributed by atoms with van der Waals surface area (Å²) < 4.78 is 0.